The molecule has 0 atom stereocenters. The van der Waals surface area contributed by atoms with E-state index in [9.17, 15) is 0 Å². The van der Waals surface area contributed by atoms with E-state index in [1.54, 1.807) is 0 Å². The average molecular weight is 214 g/mol. The topological polar surface area (TPSA) is 41.9 Å². The lowest BCUT2D eigenvalue weighted by atomic mass is 10.3. The molecule has 2 rings (SSSR count). The number of hydrogen-bond acceptors (Lipinski definition) is 4. The number of hydrogen-bond donors (Lipinski definition) is 0. The maximum absolute atomic E-state index is 4.31. The quantitative estimate of drug-likeness (QED) is 0.769. The van der Waals surface area contributed by atoms with Gasteiger partial charge in [-0.25, -0.2) is 4.98 Å². The summed E-state index contributed by atoms with van der Waals surface area (Å²) in [7, 11) is 1.95. The van der Waals surface area contributed by atoms with Gasteiger partial charge in [0.1, 0.15) is 11.6 Å². The molecule has 4 heteroatoms. The maximum Gasteiger partial charge on any atom is 0.233 e. The SMILES string of the molecule is Cc1nc(C)nc(N(C)c2ccccc2)n1. The maximum atomic E-state index is 4.31. The lowest BCUT2D eigenvalue weighted by Crippen LogP contribution is -2.14. The molecule has 2 aromatic rings. The molecule has 0 fully saturated rings. The zero-order valence-electron chi connectivity index (χ0n) is 9.68. The highest BCUT2D eigenvalue weighted by atomic mass is 15.3. The molecule has 1 aromatic heterocycles. The molecular weight excluding hydrogens is 200 g/mol. The fraction of sp³-hybridized carbons (Fsp3) is 0.250. The Morgan fingerprint density at radius 1 is 0.875 bits per heavy atom. The fourth-order valence-electron chi connectivity index (χ4n) is 1.52. The van der Waals surface area contributed by atoms with Crippen LogP contribution in [0.5, 0.6) is 0 Å². The molecule has 0 aliphatic rings. The Morgan fingerprint density at radius 3 is 2.00 bits per heavy atom. The summed E-state index contributed by atoms with van der Waals surface area (Å²) in [4.78, 5) is 14.7. The summed E-state index contributed by atoms with van der Waals surface area (Å²) in [6.45, 7) is 3.74. The first-order valence-electron chi connectivity index (χ1n) is 5.15. The van der Waals surface area contributed by atoms with Crippen LogP contribution in [0, 0.1) is 13.8 Å². The summed E-state index contributed by atoms with van der Waals surface area (Å²) < 4.78 is 0. The summed E-state index contributed by atoms with van der Waals surface area (Å²) >= 11 is 0. The van der Waals surface area contributed by atoms with Crippen LogP contribution in [0.1, 0.15) is 11.6 Å². The van der Waals surface area contributed by atoms with Crippen molar-refractivity contribution in [3.8, 4) is 0 Å². The predicted molar refractivity (Wildman–Crippen MR) is 63.8 cm³/mol. The Bertz CT molecular complexity index is 461. The first-order valence-corrected chi connectivity index (χ1v) is 5.15. The average Bonchev–Trinajstić information content (AvgIpc) is 2.28. The van der Waals surface area contributed by atoms with Crippen molar-refractivity contribution in [1.82, 2.24) is 15.0 Å². The first-order chi connectivity index (χ1) is 7.66. The van der Waals surface area contributed by atoms with Crippen molar-refractivity contribution in [2.45, 2.75) is 13.8 Å². The van der Waals surface area contributed by atoms with Gasteiger partial charge in [0.2, 0.25) is 5.95 Å². The number of para-hydroxylation sites is 1. The molecule has 0 spiro atoms. The third kappa shape index (κ3) is 2.16. The number of nitrogens with zero attached hydrogens (tertiary/aromatic N) is 4. The van der Waals surface area contributed by atoms with Crippen LogP contribution >= 0.6 is 0 Å². The van der Waals surface area contributed by atoms with Gasteiger partial charge < -0.3 is 4.90 Å². The highest BCUT2D eigenvalue weighted by molar-refractivity contribution is 5.55. The Kier molecular flexibility index (Phi) is 2.81. The first kappa shape index (κ1) is 10.5. The van der Waals surface area contributed by atoms with Crippen LogP contribution in [0.2, 0.25) is 0 Å². The van der Waals surface area contributed by atoms with Gasteiger partial charge in [0.25, 0.3) is 0 Å². The van der Waals surface area contributed by atoms with Crippen molar-refractivity contribution in [2.24, 2.45) is 0 Å². The summed E-state index contributed by atoms with van der Waals surface area (Å²) in [6.07, 6.45) is 0. The Balaban J connectivity index is 2.37. The molecule has 0 saturated heterocycles. The van der Waals surface area contributed by atoms with Crippen LogP contribution in [0.15, 0.2) is 30.3 Å². The van der Waals surface area contributed by atoms with E-state index >= 15 is 0 Å². The second kappa shape index (κ2) is 4.26. The fourth-order valence-corrected chi connectivity index (χ4v) is 1.52. The summed E-state index contributed by atoms with van der Waals surface area (Å²) in [6, 6.07) is 10.0. The van der Waals surface area contributed by atoms with Gasteiger partial charge in [0.05, 0.1) is 0 Å². The van der Waals surface area contributed by atoms with Crippen molar-refractivity contribution >= 4 is 11.6 Å². The van der Waals surface area contributed by atoms with Crippen LogP contribution in [-0.2, 0) is 0 Å². The molecule has 0 radical (unpaired) electrons. The second-order valence-electron chi connectivity index (χ2n) is 3.62. The zero-order valence-corrected chi connectivity index (χ0v) is 9.68. The molecule has 1 heterocycles. The number of benzene rings is 1. The van der Waals surface area contributed by atoms with Gasteiger partial charge in [0, 0.05) is 12.7 Å². The minimum atomic E-state index is 0.677. The monoisotopic (exact) mass is 214 g/mol. The number of rotatable bonds is 2. The smallest absolute Gasteiger partial charge is 0.233 e. The van der Waals surface area contributed by atoms with Gasteiger partial charge in [-0.1, -0.05) is 18.2 Å². The second-order valence-corrected chi connectivity index (χ2v) is 3.62. The minimum absolute atomic E-state index is 0.677. The van der Waals surface area contributed by atoms with Gasteiger partial charge in [-0.15, -0.1) is 0 Å². The van der Waals surface area contributed by atoms with Crippen LogP contribution in [-0.4, -0.2) is 22.0 Å². The van der Waals surface area contributed by atoms with E-state index in [0.29, 0.717) is 5.95 Å². The summed E-state index contributed by atoms with van der Waals surface area (Å²) in [5.41, 5.74) is 1.06. The van der Waals surface area contributed by atoms with Gasteiger partial charge in [-0.05, 0) is 26.0 Å². The standard InChI is InChI=1S/C12H14N4/c1-9-13-10(2)15-12(14-9)16(3)11-7-5-4-6-8-11/h4-8H,1-3H3. The van der Waals surface area contributed by atoms with E-state index in [2.05, 4.69) is 15.0 Å². The molecule has 0 N–H and O–H groups in total. The third-order valence-corrected chi connectivity index (χ3v) is 2.29. The highest BCUT2D eigenvalue weighted by Gasteiger charge is 2.07. The molecule has 0 aliphatic heterocycles. The molecule has 82 valence electrons. The molecule has 4 nitrogen and oxygen atoms in total. The van der Waals surface area contributed by atoms with Crippen LogP contribution < -0.4 is 4.90 Å². The van der Waals surface area contributed by atoms with Crippen molar-refractivity contribution in [3.63, 3.8) is 0 Å². The number of aromatic nitrogens is 3. The van der Waals surface area contributed by atoms with E-state index in [1.807, 2.05) is 56.1 Å². The number of anilines is 2. The largest absolute Gasteiger partial charge is 0.314 e. The lowest BCUT2D eigenvalue weighted by Gasteiger charge is -2.17. The van der Waals surface area contributed by atoms with Gasteiger partial charge in [-0.2, -0.15) is 9.97 Å². The molecule has 1 aromatic carbocycles. The number of aryl methyl sites for hydroxylation is 2. The molecular formula is C12H14N4. The van der Waals surface area contributed by atoms with E-state index in [0.717, 1.165) is 17.3 Å². The highest BCUT2D eigenvalue weighted by Crippen LogP contribution is 2.18. The molecule has 0 aliphatic carbocycles. The van der Waals surface area contributed by atoms with Crippen molar-refractivity contribution in [2.75, 3.05) is 11.9 Å². The van der Waals surface area contributed by atoms with Gasteiger partial charge in [0.15, 0.2) is 0 Å². The Hall–Kier alpha value is -1.97. The van der Waals surface area contributed by atoms with Crippen molar-refractivity contribution in [1.29, 1.82) is 0 Å². The van der Waals surface area contributed by atoms with Crippen LogP contribution in [0.3, 0.4) is 0 Å². The summed E-state index contributed by atoms with van der Waals surface area (Å²) in [5, 5.41) is 0. The van der Waals surface area contributed by atoms with Crippen LogP contribution in [0.25, 0.3) is 0 Å². The predicted octanol–water partition coefficient (Wildman–Crippen LogP) is 2.26. The van der Waals surface area contributed by atoms with E-state index in [4.69, 9.17) is 0 Å². The van der Waals surface area contributed by atoms with Crippen LogP contribution in [0.4, 0.5) is 11.6 Å². The normalized spacial score (nSPS) is 10.2. The minimum Gasteiger partial charge on any atom is -0.314 e. The van der Waals surface area contributed by atoms with Gasteiger partial charge in [-0.3, -0.25) is 0 Å². The Labute approximate surface area is 95.0 Å². The lowest BCUT2D eigenvalue weighted by molar-refractivity contribution is 0.895. The van der Waals surface area contributed by atoms with Crippen molar-refractivity contribution in [3.05, 3.63) is 42.0 Å². The van der Waals surface area contributed by atoms with E-state index in [1.165, 1.54) is 0 Å². The molecule has 16 heavy (non-hydrogen) atoms. The molecule has 0 saturated carbocycles. The van der Waals surface area contributed by atoms with E-state index < -0.39 is 0 Å². The van der Waals surface area contributed by atoms with Crippen molar-refractivity contribution < 1.29 is 0 Å². The zero-order chi connectivity index (χ0) is 11.5. The van der Waals surface area contributed by atoms with Gasteiger partial charge >= 0.3 is 0 Å². The Morgan fingerprint density at radius 2 is 1.44 bits per heavy atom. The molecule has 0 unspecified atom stereocenters. The molecule has 0 bridgehead atoms. The summed E-state index contributed by atoms with van der Waals surface area (Å²) in [5.74, 6) is 2.16. The van der Waals surface area contributed by atoms with E-state index in [-0.39, 0.29) is 0 Å². The third-order valence-electron chi connectivity index (χ3n) is 2.29. The molecule has 0 amide bonds.